The van der Waals surface area contributed by atoms with Crippen molar-refractivity contribution in [3.05, 3.63) is 29.6 Å². The molecule has 0 aliphatic rings. The highest BCUT2D eigenvalue weighted by atomic mass is 35.5. The first-order chi connectivity index (χ1) is 4.34. The Balaban J connectivity index is 0.000000810. The lowest BCUT2D eigenvalue weighted by Gasteiger charge is -1.98. The largest absolute Gasteiger partial charge is 0.616 e. The van der Waals surface area contributed by atoms with Gasteiger partial charge in [0.1, 0.15) is 0 Å². The summed E-state index contributed by atoms with van der Waals surface area (Å²) in [5.74, 6) is 0.317. The van der Waals surface area contributed by atoms with Crippen molar-refractivity contribution in [2.75, 3.05) is 7.11 Å². The highest BCUT2D eigenvalue weighted by Gasteiger charge is 1.97. The summed E-state index contributed by atoms with van der Waals surface area (Å²) in [5, 5.41) is 10.6. The number of rotatable bonds is 1. The fourth-order valence-electron chi connectivity index (χ4n) is 0.571. The van der Waals surface area contributed by atoms with Gasteiger partial charge in [0.2, 0.25) is 0 Å². The number of pyridine rings is 1. The Morgan fingerprint density at radius 3 is 2.60 bits per heavy atom. The van der Waals surface area contributed by atoms with Crippen LogP contribution >= 0.6 is 12.4 Å². The van der Waals surface area contributed by atoms with Crippen molar-refractivity contribution in [1.29, 1.82) is 0 Å². The van der Waals surface area contributed by atoms with E-state index < -0.39 is 0 Å². The van der Waals surface area contributed by atoms with Crippen molar-refractivity contribution in [2.45, 2.75) is 0 Å². The standard InChI is InChI=1S/C6H7NO2.ClH/c1-9-6-4-2-3-5-7(6)8;/h2-5H,1H3;1H. The summed E-state index contributed by atoms with van der Waals surface area (Å²) in [4.78, 5) is 0. The van der Waals surface area contributed by atoms with Crippen LogP contribution < -0.4 is 9.47 Å². The Labute approximate surface area is 65.2 Å². The van der Waals surface area contributed by atoms with Crippen molar-refractivity contribution in [3.8, 4) is 5.88 Å². The Hall–Kier alpha value is -0.960. The van der Waals surface area contributed by atoms with E-state index in [4.69, 9.17) is 4.74 Å². The number of aromatic nitrogens is 1. The van der Waals surface area contributed by atoms with Gasteiger partial charge in [-0.2, -0.15) is 0 Å². The third-order valence-electron chi connectivity index (χ3n) is 0.998. The second kappa shape index (κ2) is 3.95. The topological polar surface area (TPSA) is 36.2 Å². The van der Waals surface area contributed by atoms with E-state index in [9.17, 15) is 5.21 Å². The van der Waals surface area contributed by atoms with E-state index in [0.29, 0.717) is 10.6 Å². The first-order valence-electron chi connectivity index (χ1n) is 2.57. The van der Waals surface area contributed by atoms with Crippen LogP contribution in [0.25, 0.3) is 0 Å². The van der Waals surface area contributed by atoms with Gasteiger partial charge in [-0.3, -0.25) is 0 Å². The van der Waals surface area contributed by atoms with Gasteiger partial charge in [0, 0.05) is 6.07 Å². The lowest BCUT2D eigenvalue weighted by Crippen LogP contribution is -2.26. The van der Waals surface area contributed by atoms with Gasteiger partial charge in [-0.25, -0.2) is 0 Å². The van der Waals surface area contributed by atoms with E-state index in [1.165, 1.54) is 13.3 Å². The quantitative estimate of drug-likeness (QED) is 0.450. The van der Waals surface area contributed by atoms with E-state index in [-0.39, 0.29) is 12.4 Å². The molecule has 0 radical (unpaired) electrons. The number of hydrogen-bond acceptors (Lipinski definition) is 2. The molecular weight excluding hydrogens is 154 g/mol. The van der Waals surface area contributed by atoms with Crippen LogP contribution in [0.1, 0.15) is 0 Å². The van der Waals surface area contributed by atoms with Crippen LogP contribution in [0.5, 0.6) is 5.88 Å². The number of nitrogens with zero attached hydrogens (tertiary/aromatic N) is 1. The summed E-state index contributed by atoms with van der Waals surface area (Å²) in [7, 11) is 1.46. The normalized spacial score (nSPS) is 8.10. The number of hydrogen-bond donors (Lipinski definition) is 0. The maximum Gasteiger partial charge on any atom is 0.379 e. The number of halogens is 1. The molecule has 1 aromatic rings. The van der Waals surface area contributed by atoms with E-state index in [1.54, 1.807) is 18.2 Å². The Morgan fingerprint density at radius 2 is 2.20 bits per heavy atom. The zero-order valence-corrected chi connectivity index (χ0v) is 6.30. The van der Waals surface area contributed by atoms with Crippen LogP contribution in [0.3, 0.4) is 0 Å². The van der Waals surface area contributed by atoms with E-state index >= 15 is 0 Å². The van der Waals surface area contributed by atoms with Crippen LogP contribution in [0.2, 0.25) is 0 Å². The fraction of sp³-hybridized carbons (Fsp3) is 0.167. The molecule has 1 heterocycles. The average molecular weight is 162 g/mol. The minimum Gasteiger partial charge on any atom is -0.616 e. The predicted molar refractivity (Wildman–Crippen MR) is 39.2 cm³/mol. The molecule has 0 fully saturated rings. The lowest BCUT2D eigenvalue weighted by molar-refractivity contribution is -0.612. The first-order valence-corrected chi connectivity index (χ1v) is 2.57. The number of ether oxygens (including phenoxy) is 1. The van der Waals surface area contributed by atoms with Crippen LogP contribution in [0.4, 0.5) is 0 Å². The van der Waals surface area contributed by atoms with Gasteiger partial charge in [0.25, 0.3) is 0 Å². The van der Waals surface area contributed by atoms with E-state index in [0.717, 1.165) is 0 Å². The summed E-state index contributed by atoms with van der Waals surface area (Å²) < 4.78 is 5.36. The van der Waals surface area contributed by atoms with Gasteiger partial charge in [0.05, 0.1) is 13.2 Å². The molecule has 0 aliphatic heterocycles. The minimum absolute atomic E-state index is 0. The molecule has 0 N–H and O–H groups in total. The molecule has 0 unspecified atom stereocenters. The smallest absolute Gasteiger partial charge is 0.379 e. The zero-order chi connectivity index (χ0) is 6.69. The maximum absolute atomic E-state index is 10.6. The molecular formula is C6H8ClNO2. The van der Waals surface area contributed by atoms with Gasteiger partial charge in [-0.15, -0.1) is 17.1 Å². The molecule has 10 heavy (non-hydrogen) atoms. The predicted octanol–water partition coefficient (Wildman–Crippen LogP) is 0.750. The SMILES string of the molecule is COc1cccc[n+]1[O-].Cl. The van der Waals surface area contributed by atoms with Crippen LogP contribution in [0.15, 0.2) is 24.4 Å². The maximum atomic E-state index is 10.6. The first kappa shape index (κ1) is 9.04. The molecule has 0 aliphatic carbocycles. The van der Waals surface area contributed by atoms with Crippen molar-refractivity contribution < 1.29 is 9.47 Å². The van der Waals surface area contributed by atoms with Gasteiger partial charge in [-0.05, 0) is 6.07 Å². The Bertz CT molecular complexity index is 205. The second-order valence-electron chi connectivity index (χ2n) is 1.57. The molecule has 0 atom stereocenters. The third-order valence-corrected chi connectivity index (χ3v) is 0.998. The summed E-state index contributed by atoms with van der Waals surface area (Å²) in [6.45, 7) is 0. The number of methoxy groups -OCH3 is 1. The zero-order valence-electron chi connectivity index (χ0n) is 5.48. The van der Waals surface area contributed by atoms with Crippen LogP contribution in [-0.4, -0.2) is 7.11 Å². The van der Waals surface area contributed by atoms with Crippen molar-refractivity contribution in [3.63, 3.8) is 0 Å². The molecule has 1 aromatic heterocycles. The highest BCUT2D eigenvalue weighted by Crippen LogP contribution is 1.97. The van der Waals surface area contributed by atoms with Crippen molar-refractivity contribution in [2.24, 2.45) is 0 Å². The lowest BCUT2D eigenvalue weighted by atomic mass is 10.5. The molecule has 1 rings (SSSR count). The van der Waals surface area contributed by atoms with E-state index in [2.05, 4.69) is 0 Å². The molecule has 0 spiro atoms. The van der Waals surface area contributed by atoms with Gasteiger partial charge in [-0.1, -0.05) is 0 Å². The van der Waals surface area contributed by atoms with Gasteiger partial charge < -0.3 is 9.94 Å². The average Bonchev–Trinajstić information content (AvgIpc) is 1.89. The highest BCUT2D eigenvalue weighted by molar-refractivity contribution is 5.85. The molecule has 4 heteroatoms. The summed E-state index contributed by atoms with van der Waals surface area (Å²) in [6.07, 6.45) is 1.39. The molecule has 0 amide bonds. The van der Waals surface area contributed by atoms with E-state index in [1.807, 2.05) is 0 Å². The third kappa shape index (κ3) is 1.77. The molecule has 0 aromatic carbocycles. The van der Waals surface area contributed by atoms with Crippen molar-refractivity contribution in [1.82, 2.24) is 0 Å². The minimum atomic E-state index is 0. The Kier molecular flexibility index (Phi) is 3.57. The summed E-state index contributed by atoms with van der Waals surface area (Å²) >= 11 is 0. The molecule has 0 bridgehead atoms. The molecule has 3 nitrogen and oxygen atoms in total. The van der Waals surface area contributed by atoms with Crippen LogP contribution in [-0.2, 0) is 0 Å². The fourth-order valence-corrected chi connectivity index (χ4v) is 0.571. The molecule has 0 saturated heterocycles. The second-order valence-corrected chi connectivity index (χ2v) is 1.57. The van der Waals surface area contributed by atoms with Crippen LogP contribution in [0, 0.1) is 5.21 Å². The Morgan fingerprint density at radius 1 is 1.50 bits per heavy atom. The van der Waals surface area contributed by atoms with Crippen molar-refractivity contribution >= 4 is 12.4 Å². The monoisotopic (exact) mass is 161 g/mol. The molecule has 0 saturated carbocycles. The van der Waals surface area contributed by atoms with Gasteiger partial charge in [0.15, 0.2) is 6.20 Å². The summed E-state index contributed by atoms with van der Waals surface area (Å²) in [5.41, 5.74) is 0. The molecule has 56 valence electrons. The summed E-state index contributed by atoms with van der Waals surface area (Å²) in [6, 6.07) is 5.00. The van der Waals surface area contributed by atoms with Gasteiger partial charge >= 0.3 is 5.88 Å².